The molecule has 0 atom stereocenters. The SMILES string of the molecule is CC[N+]1=C(C)c2cccc3c(S(=O)(=O)O)cc(C)c1c23. The van der Waals surface area contributed by atoms with Crippen LogP contribution in [-0.4, -0.2) is 29.8 Å². The second-order valence-corrected chi connectivity index (χ2v) is 6.46. The van der Waals surface area contributed by atoms with Gasteiger partial charge >= 0.3 is 0 Å². The molecular weight excluding hydrogens is 274 g/mol. The van der Waals surface area contributed by atoms with Crippen molar-refractivity contribution in [2.75, 3.05) is 6.54 Å². The number of nitrogens with zero attached hydrogens (tertiary/aromatic N) is 1. The van der Waals surface area contributed by atoms with Crippen LogP contribution in [0.4, 0.5) is 5.69 Å². The lowest BCUT2D eigenvalue weighted by Gasteiger charge is -2.07. The lowest BCUT2D eigenvalue weighted by Crippen LogP contribution is -2.10. The average molecular weight is 290 g/mol. The van der Waals surface area contributed by atoms with Crippen LogP contribution in [-0.2, 0) is 10.1 Å². The smallest absolute Gasteiger partial charge is 0.282 e. The van der Waals surface area contributed by atoms with Crippen molar-refractivity contribution in [2.24, 2.45) is 0 Å². The van der Waals surface area contributed by atoms with Crippen molar-refractivity contribution < 1.29 is 17.5 Å². The monoisotopic (exact) mass is 290 g/mol. The highest BCUT2D eigenvalue weighted by atomic mass is 32.2. The summed E-state index contributed by atoms with van der Waals surface area (Å²) in [6, 6.07) is 7.12. The Bertz CT molecular complexity index is 880. The Labute approximate surface area is 118 Å². The molecule has 3 rings (SSSR count). The predicted molar refractivity (Wildman–Crippen MR) is 78.7 cm³/mol. The predicted octanol–water partition coefficient (Wildman–Crippen LogP) is 2.88. The molecule has 0 bridgehead atoms. The van der Waals surface area contributed by atoms with E-state index in [1.165, 1.54) is 0 Å². The van der Waals surface area contributed by atoms with Gasteiger partial charge < -0.3 is 0 Å². The molecule has 0 unspecified atom stereocenters. The Hall–Kier alpha value is -1.72. The molecule has 2 aromatic carbocycles. The molecule has 20 heavy (non-hydrogen) atoms. The standard InChI is InChI=1S/C15H15NO3S/c1-4-16-10(3)11-6-5-7-12-13(20(17,18)19)8-9(2)15(16)14(11)12/h5-8H,4H2,1-3H3/p+1. The van der Waals surface area contributed by atoms with Gasteiger partial charge in [-0.3, -0.25) is 4.55 Å². The molecule has 2 aromatic rings. The van der Waals surface area contributed by atoms with Crippen molar-refractivity contribution in [1.29, 1.82) is 0 Å². The highest BCUT2D eigenvalue weighted by Crippen LogP contribution is 2.40. The third-order valence-electron chi connectivity index (χ3n) is 3.95. The Morgan fingerprint density at radius 3 is 2.55 bits per heavy atom. The molecule has 0 spiro atoms. The Kier molecular flexibility index (Phi) is 2.74. The van der Waals surface area contributed by atoms with Crippen LogP contribution < -0.4 is 0 Å². The molecule has 0 aliphatic carbocycles. The molecule has 1 aliphatic heterocycles. The zero-order chi connectivity index (χ0) is 14.7. The van der Waals surface area contributed by atoms with Crippen molar-refractivity contribution in [3.8, 4) is 0 Å². The van der Waals surface area contributed by atoms with E-state index in [4.69, 9.17) is 0 Å². The van der Waals surface area contributed by atoms with Gasteiger partial charge in [0.2, 0.25) is 5.69 Å². The summed E-state index contributed by atoms with van der Waals surface area (Å²) in [6.45, 7) is 6.80. The third kappa shape index (κ3) is 1.63. The van der Waals surface area contributed by atoms with Gasteiger partial charge in [0.05, 0.1) is 10.9 Å². The van der Waals surface area contributed by atoms with Crippen LogP contribution >= 0.6 is 0 Å². The van der Waals surface area contributed by atoms with Crippen molar-refractivity contribution in [1.82, 2.24) is 0 Å². The molecule has 0 fully saturated rings. The van der Waals surface area contributed by atoms with Gasteiger partial charge in [-0.2, -0.15) is 13.0 Å². The minimum Gasteiger partial charge on any atom is -0.282 e. The zero-order valence-electron chi connectivity index (χ0n) is 11.6. The maximum absolute atomic E-state index is 11.6. The van der Waals surface area contributed by atoms with E-state index >= 15 is 0 Å². The molecule has 0 aromatic heterocycles. The lowest BCUT2D eigenvalue weighted by atomic mass is 10.0. The fourth-order valence-corrected chi connectivity index (χ4v) is 3.90. The number of benzene rings is 2. The van der Waals surface area contributed by atoms with Gasteiger partial charge in [0, 0.05) is 17.9 Å². The van der Waals surface area contributed by atoms with E-state index < -0.39 is 10.1 Å². The molecule has 0 amide bonds. The first kappa shape index (κ1) is 13.3. The number of hydrogen-bond acceptors (Lipinski definition) is 2. The quantitative estimate of drug-likeness (QED) is 0.683. The summed E-state index contributed by atoms with van der Waals surface area (Å²) in [5, 5.41) is 1.50. The van der Waals surface area contributed by atoms with E-state index in [0.717, 1.165) is 34.5 Å². The lowest BCUT2D eigenvalue weighted by molar-refractivity contribution is -0.432. The molecule has 1 heterocycles. The van der Waals surface area contributed by atoms with E-state index in [1.54, 1.807) is 12.1 Å². The first-order valence-corrected chi connectivity index (χ1v) is 7.95. The molecule has 0 saturated carbocycles. The van der Waals surface area contributed by atoms with Gasteiger partial charge in [-0.1, -0.05) is 12.1 Å². The first-order chi connectivity index (χ1) is 9.36. The Morgan fingerprint density at radius 2 is 1.95 bits per heavy atom. The molecule has 0 saturated heterocycles. The van der Waals surface area contributed by atoms with E-state index in [2.05, 4.69) is 11.5 Å². The van der Waals surface area contributed by atoms with E-state index in [-0.39, 0.29) is 4.90 Å². The van der Waals surface area contributed by atoms with E-state index in [0.29, 0.717) is 5.39 Å². The summed E-state index contributed by atoms with van der Waals surface area (Å²) in [4.78, 5) is -0.0126. The summed E-state index contributed by atoms with van der Waals surface area (Å²) < 4.78 is 34.9. The third-order valence-corrected chi connectivity index (χ3v) is 4.84. The highest BCUT2D eigenvalue weighted by molar-refractivity contribution is 7.86. The molecule has 0 radical (unpaired) electrons. The molecule has 104 valence electrons. The molecule has 5 heteroatoms. The number of hydrogen-bond donors (Lipinski definition) is 1. The fourth-order valence-electron chi connectivity index (χ4n) is 3.12. The first-order valence-electron chi connectivity index (χ1n) is 6.51. The van der Waals surface area contributed by atoms with Gasteiger partial charge in [0.1, 0.15) is 11.4 Å². The van der Waals surface area contributed by atoms with Crippen LogP contribution in [0.5, 0.6) is 0 Å². The minimum absolute atomic E-state index is 0.0126. The van der Waals surface area contributed by atoms with Crippen LogP contribution in [0.2, 0.25) is 0 Å². The highest BCUT2D eigenvalue weighted by Gasteiger charge is 2.32. The normalized spacial score (nSPS) is 14.4. The van der Waals surface area contributed by atoms with E-state index in [9.17, 15) is 13.0 Å². The van der Waals surface area contributed by atoms with Crippen LogP contribution in [0.25, 0.3) is 10.8 Å². The van der Waals surface area contributed by atoms with Crippen LogP contribution in [0.15, 0.2) is 29.2 Å². The number of aryl methyl sites for hydroxylation is 1. The van der Waals surface area contributed by atoms with Gasteiger partial charge in [0.25, 0.3) is 10.1 Å². The zero-order valence-corrected chi connectivity index (χ0v) is 12.5. The Morgan fingerprint density at radius 1 is 1.25 bits per heavy atom. The summed E-state index contributed by atoms with van der Waals surface area (Å²) >= 11 is 0. The van der Waals surface area contributed by atoms with Gasteiger partial charge in [-0.25, -0.2) is 0 Å². The molecule has 1 aliphatic rings. The minimum atomic E-state index is -4.23. The largest absolute Gasteiger partial charge is 0.295 e. The van der Waals surface area contributed by atoms with Gasteiger partial charge in [0.15, 0.2) is 5.71 Å². The summed E-state index contributed by atoms with van der Waals surface area (Å²) in [5.74, 6) is 0. The Balaban J connectivity index is 2.57. The average Bonchev–Trinajstić information content (AvgIpc) is 2.67. The topological polar surface area (TPSA) is 57.4 Å². The van der Waals surface area contributed by atoms with Gasteiger partial charge in [-0.05, 0) is 26.0 Å². The fraction of sp³-hybridized carbons (Fsp3) is 0.267. The maximum atomic E-state index is 11.6. The summed E-state index contributed by atoms with van der Waals surface area (Å²) in [6.07, 6.45) is 0. The van der Waals surface area contributed by atoms with Gasteiger partial charge in [-0.15, -0.1) is 0 Å². The summed E-state index contributed by atoms with van der Waals surface area (Å²) in [5.41, 5.74) is 4.05. The van der Waals surface area contributed by atoms with Crippen LogP contribution in [0.1, 0.15) is 25.0 Å². The van der Waals surface area contributed by atoms with Crippen LogP contribution in [0.3, 0.4) is 0 Å². The maximum Gasteiger partial charge on any atom is 0.295 e. The summed E-state index contributed by atoms with van der Waals surface area (Å²) in [7, 11) is -4.23. The molecule has 4 nitrogen and oxygen atoms in total. The van der Waals surface area contributed by atoms with Crippen LogP contribution in [0, 0.1) is 6.92 Å². The van der Waals surface area contributed by atoms with Crippen molar-refractivity contribution in [2.45, 2.75) is 25.7 Å². The second kappa shape index (κ2) is 4.14. The molecular formula is C15H16NO3S+. The van der Waals surface area contributed by atoms with Crippen molar-refractivity contribution in [3.05, 3.63) is 35.4 Å². The number of rotatable bonds is 2. The van der Waals surface area contributed by atoms with Crippen molar-refractivity contribution in [3.63, 3.8) is 0 Å². The second-order valence-electron chi connectivity index (χ2n) is 5.07. The van der Waals surface area contributed by atoms with Crippen molar-refractivity contribution >= 4 is 32.3 Å². The molecule has 1 N–H and O–H groups in total. The van der Waals surface area contributed by atoms with E-state index in [1.807, 2.05) is 26.0 Å².